The summed E-state index contributed by atoms with van der Waals surface area (Å²) < 4.78 is 6.86. The number of carbonyl (C=O) groups is 1. The number of hydrogen-bond donors (Lipinski definition) is 2. The van der Waals surface area contributed by atoms with Gasteiger partial charge < -0.3 is 15.1 Å². The lowest BCUT2D eigenvalue weighted by Gasteiger charge is -2.22. The van der Waals surface area contributed by atoms with E-state index in [2.05, 4.69) is 9.97 Å². The van der Waals surface area contributed by atoms with E-state index < -0.39 is 11.2 Å². The fourth-order valence-corrected chi connectivity index (χ4v) is 4.24. The predicted molar refractivity (Wildman–Crippen MR) is 129 cm³/mol. The first-order valence-corrected chi connectivity index (χ1v) is 11.4. The lowest BCUT2D eigenvalue weighted by molar-refractivity contribution is -0.116. The molecule has 0 radical (unpaired) electrons. The molecule has 2 aromatic heterocycles. The summed E-state index contributed by atoms with van der Waals surface area (Å²) in [6.45, 7) is 2.05. The summed E-state index contributed by atoms with van der Waals surface area (Å²) in [6, 6.07) is 14.3. The van der Waals surface area contributed by atoms with Crippen LogP contribution in [0.1, 0.15) is 12.5 Å². The third-order valence-corrected chi connectivity index (χ3v) is 5.98. The fourth-order valence-electron chi connectivity index (χ4n) is 3.36. The number of carbonyl (C=O) groups excluding carboxylic acids is 1. The van der Waals surface area contributed by atoms with Crippen LogP contribution in [0.5, 0.6) is 0 Å². The van der Waals surface area contributed by atoms with E-state index in [4.69, 9.17) is 21.8 Å². The van der Waals surface area contributed by atoms with Gasteiger partial charge in [-0.2, -0.15) is 0 Å². The molecule has 1 amide bonds. The predicted octanol–water partition coefficient (Wildman–Crippen LogP) is 3.11. The van der Waals surface area contributed by atoms with Crippen LogP contribution in [0.15, 0.2) is 67.8 Å². The van der Waals surface area contributed by atoms with E-state index in [9.17, 15) is 14.4 Å². The summed E-state index contributed by atoms with van der Waals surface area (Å²) >= 11 is 7.05. The molecule has 0 bridgehead atoms. The van der Waals surface area contributed by atoms with Gasteiger partial charge in [0.05, 0.1) is 12.3 Å². The number of fused-ring (bicyclic) bond motifs is 1. The van der Waals surface area contributed by atoms with Crippen molar-refractivity contribution in [2.24, 2.45) is 0 Å². The molecule has 0 aliphatic rings. The Labute approximate surface area is 197 Å². The Hall–Kier alpha value is -3.50. The average Bonchev–Trinajstić information content (AvgIpc) is 3.20. The van der Waals surface area contributed by atoms with Crippen LogP contribution in [0.3, 0.4) is 0 Å². The second kappa shape index (κ2) is 9.55. The maximum absolute atomic E-state index is 13.0. The lowest BCUT2D eigenvalue weighted by Crippen LogP contribution is -2.41. The van der Waals surface area contributed by atoms with Gasteiger partial charge in [-0.3, -0.25) is 19.1 Å². The standard InChI is InChI=1S/C22H20ClN5O4S/c1-2-27(17(29)12-33-22-25-15-9-8-14(23)10-16(15)32-22)18-19(24)28(21(31)26-20(18)30)11-13-6-4-3-5-7-13/h3-10H,2,11-12,24H2,1H3,(H,26,30,31). The molecule has 0 atom stereocenters. The summed E-state index contributed by atoms with van der Waals surface area (Å²) in [6.07, 6.45) is 0. The molecule has 0 spiro atoms. The zero-order valence-corrected chi connectivity index (χ0v) is 19.2. The number of rotatable bonds is 7. The average molecular weight is 486 g/mol. The van der Waals surface area contributed by atoms with Crippen LogP contribution in [0, 0.1) is 0 Å². The van der Waals surface area contributed by atoms with Crippen molar-refractivity contribution in [2.75, 3.05) is 22.9 Å². The minimum absolute atomic E-state index is 0.0505. The number of aromatic nitrogens is 3. The highest BCUT2D eigenvalue weighted by Crippen LogP contribution is 2.26. The van der Waals surface area contributed by atoms with Crippen molar-refractivity contribution in [3.63, 3.8) is 0 Å². The minimum Gasteiger partial charge on any atom is -0.431 e. The molecule has 0 unspecified atom stereocenters. The minimum atomic E-state index is -0.724. The zero-order chi connectivity index (χ0) is 23.5. The molecule has 0 fully saturated rings. The molecule has 3 N–H and O–H groups in total. The number of nitrogen functional groups attached to an aromatic ring is 1. The van der Waals surface area contributed by atoms with E-state index in [1.165, 1.54) is 9.47 Å². The number of hydrogen-bond acceptors (Lipinski definition) is 7. The van der Waals surface area contributed by atoms with E-state index in [1.807, 2.05) is 30.3 Å². The van der Waals surface area contributed by atoms with Gasteiger partial charge in [-0.1, -0.05) is 53.7 Å². The molecule has 2 aromatic carbocycles. The molecule has 170 valence electrons. The first-order chi connectivity index (χ1) is 15.9. The van der Waals surface area contributed by atoms with Crippen molar-refractivity contribution in [3.05, 3.63) is 80.0 Å². The lowest BCUT2D eigenvalue weighted by atomic mass is 10.2. The molecule has 11 heteroatoms. The quantitative estimate of drug-likeness (QED) is 0.385. The van der Waals surface area contributed by atoms with Crippen molar-refractivity contribution in [3.8, 4) is 0 Å². The summed E-state index contributed by atoms with van der Waals surface area (Å²) in [4.78, 5) is 45.8. The van der Waals surface area contributed by atoms with Crippen LogP contribution in [0.2, 0.25) is 5.02 Å². The van der Waals surface area contributed by atoms with Gasteiger partial charge in [0.1, 0.15) is 11.3 Å². The number of halogens is 1. The van der Waals surface area contributed by atoms with Crippen molar-refractivity contribution in [1.29, 1.82) is 0 Å². The smallest absolute Gasteiger partial charge is 0.330 e. The second-order valence-corrected chi connectivity index (χ2v) is 8.45. The van der Waals surface area contributed by atoms with Gasteiger partial charge >= 0.3 is 5.69 Å². The highest BCUT2D eigenvalue weighted by atomic mass is 35.5. The van der Waals surface area contributed by atoms with Crippen molar-refractivity contribution in [1.82, 2.24) is 14.5 Å². The topological polar surface area (TPSA) is 127 Å². The van der Waals surface area contributed by atoms with Crippen molar-refractivity contribution >= 4 is 51.9 Å². The Balaban J connectivity index is 1.59. The van der Waals surface area contributed by atoms with Crippen LogP contribution >= 0.6 is 23.4 Å². The molecule has 0 aliphatic heterocycles. The number of H-pyrrole nitrogens is 1. The molecule has 2 heterocycles. The zero-order valence-electron chi connectivity index (χ0n) is 17.6. The number of anilines is 2. The maximum atomic E-state index is 13.0. The Kier molecular flexibility index (Phi) is 6.57. The van der Waals surface area contributed by atoms with E-state index in [-0.39, 0.29) is 36.3 Å². The molecular weight excluding hydrogens is 466 g/mol. The Morgan fingerprint density at radius 2 is 2.00 bits per heavy atom. The van der Waals surface area contributed by atoms with Gasteiger partial charge in [0.25, 0.3) is 10.8 Å². The highest BCUT2D eigenvalue weighted by molar-refractivity contribution is 7.99. The van der Waals surface area contributed by atoms with Crippen LogP contribution in [0.25, 0.3) is 11.1 Å². The van der Waals surface area contributed by atoms with Crippen molar-refractivity contribution < 1.29 is 9.21 Å². The van der Waals surface area contributed by atoms with Crippen LogP contribution in [0.4, 0.5) is 11.5 Å². The van der Waals surface area contributed by atoms with Gasteiger partial charge in [-0.05, 0) is 24.6 Å². The second-order valence-electron chi connectivity index (χ2n) is 7.08. The number of oxazole rings is 1. The summed E-state index contributed by atoms with van der Waals surface area (Å²) in [7, 11) is 0. The number of thioether (sulfide) groups is 1. The molecule has 0 saturated carbocycles. The third kappa shape index (κ3) is 4.81. The fraction of sp³-hybridized carbons (Fsp3) is 0.182. The summed E-state index contributed by atoms with van der Waals surface area (Å²) in [5.41, 5.74) is 6.74. The first kappa shape index (κ1) is 22.7. The molecule has 0 saturated heterocycles. The van der Waals surface area contributed by atoms with Crippen LogP contribution < -0.4 is 21.9 Å². The number of nitrogens with two attached hydrogens (primary N) is 1. The number of aromatic amines is 1. The maximum Gasteiger partial charge on any atom is 0.330 e. The van der Waals surface area contributed by atoms with E-state index in [0.29, 0.717) is 21.3 Å². The molecule has 4 rings (SSSR count). The largest absolute Gasteiger partial charge is 0.431 e. The number of amides is 1. The Morgan fingerprint density at radius 3 is 2.73 bits per heavy atom. The molecule has 4 aromatic rings. The third-order valence-electron chi connectivity index (χ3n) is 4.93. The van der Waals surface area contributed by atoms with E-state index in [1.54, 1.807) is 25.1 Å². The van der Waals surface area contributed by atoms with Gasteiger partial charge in [-0.15, -0.1) is 0 Å². The van der Waals surface area contributed by atoms with Gasteiger partial charge in [0.15, 0.2) is 11.3 Å². The van der Waals surface area contributed by atoms with E-state index in [0.717, 1.165) is 17.3 Å². The number of nitrogens with one attached hydrogen (secondary N) is 1. The Morgan fingerprint density at radius 1 is 1.24 bits per heavy atom. The number of benzene rings is 2. The van der Waals surface area contributed by atoms with E-state index >= 15 is 0 Å². The molecule has 33 heavy (non-hydrogen) atoms. The molecule has 9 nitrogen and oxygen atoms in total. The summed E-state index contributed by atoms with van der Waals surface area (Å²) in [5.74, 6) is -0.514. The van der Waals surface area contributed by atoms with Gasteiger partial charge in [-0.25, -0.2) is 9.78 Å². The molecular formula is C22H20ClN5O4S. The normalized spacial score (nSPS) is 11.1. The SMILES string of the molecule is CCN(C(=O)CSc1nc2ccc(Cl)cc2o1)c1c(N)n(Cc2ccccc2)c(=O)[nH]c1=O. The first-order valence-electron chi connectivity index (χ1n) is 10.0. The number of nitrogens with zero attached hydrogens (tertiary/aromatic N) is 3. The Bertz CT molecular complexity index is 1430. The molecule has 0 aliphatic carbocycles. The van der Waals surface area contributed by atoms with Crippen LogP contribution in [-0.4, -0.2) is 32.7 Å². The monoisotopic (exact) mass is 485 g/mol. The van der Waals surface area contributed by atoms with Crippen molar-refractivity contribution in [2.45, 2.75) is 18.7 Å². The van der Waals surface area contributed by atoms with Gasteiger partial charge in [0, 0.05) is 17.6 Å². The summed E-state index contributed by atoms with van der Waals surface area (Å²) in [5, 5.41) is 0.816. The van der Waals surface area contributed by atoms with Crippen LogP contribution in [-0.2, 0) is 11.3 Å². The van der Waals surface area contributed by atoms with Gasteiger partial charge in [0.2, 0.25) is 5.91 Å². The highest BCUT2D eigenvalue weighted by Gasteiger charge is 2.24.